The monoisotopic (exact) mass is 482 g/mol. The van der Waals surface area contributed by atoms with Crippen molar-refractivity contribution in [2.24, 2.45) is 0 Å². The molecule has 1 fully saturated rings. The number of thiazole rings is 1. The molecule has 1 amide bonds. The van der Waals surface area contributed by atoms with Crippen LogP contribution in [0.15, 0.2) is 42.0 Å². The van der Waals surface area contributed by atoms with Gasteiger partial charge in [-0.25, -0.2) is 4.98 Å². The molecule has 0 spiro atoms. The number of hydrogen-bond acceptors (Lipinski definition) is 10. The molecular weight excluding hydrogens is 456 g/mol. The minimum atomic E-state index is -0.857. The van der Waals surface area contributed by atoms with Crippen molar-refractivity contribution in [3.8, 4) is 5.75 Å². The number of anilines is 3. The number of ether oxygens (including phenoxy) is 1. The van der Waals surface area contributed by atoms with Crippen LogP contribution in [0.3, 0.4) is 0 Å². The lowest BCUT2D eigenvalue weighted by molar-refractivity contribution is 0.102. The molecule has 1 saturated heterocycles. The Hall–Kier alpha value is -3.25. The number of aromatic nitrogens is 2. The lowest BCUT2D eigenvalue weighted by Crippen LogP contribution is -2.52. The van der Waals surface area contributed by atoms with Crippen LogP contribution in [0, 0.1) is 0 Å². The quantitative estimate of drug-likeness (QED) is 0.415. The van der Waals surface area contributed by atoms with Gasteiger partial charge in [0.2, 0.25) is 0 Å². The fourth-order valence-electron chi connectivity index (χ4n) is 4.31. The highest BCUT2D eigenvalue weighted by molar-refractivity contribution is 7.14. The third kappa shape index (κ3) is 4.30. The Bertz CT molecular complexity index is 1190. The summed E-state index contributed by atoms with van der Waals surface area (Å²) < 4.78 is 5.27. The molecule has 1 aromatic carbocycles. The van der Waals surface area contributed by atoms with Crippen LogP contribution in [0.25, 0.3) is 0 Å². The van der Waals surface area contributed by atoms with Gasteiger partial charge in [0.05, 0.1) is 31.3 Å². The van der Waals surface area contributed by atoms with E-state index < -0.39 is 6.23 Å². The number of nitrogens with zero attached hydrogens (tertiary/aromatic N) is 4. The number of carbonyl (C=O) groups is 1. The Balaban J connectivity index is 1.31. The van der Waals surface area contributed by atoms with Crippen molar-refractivity contribution in [1.29, 1.82) is 0 Å². The van der Waals surface area contributed by atoms with Gasteiger partial charge in [0, 0.05) is 49.4 Å². The Morgan fingerprint density at radius 3 is 3.09 bits per heavy atom. The van der Waals surface area contributed by atoms with E-state index in [1.807, 2.05) is 24.3 Å². The number of pyridine rings is 1. The van der Waals surface area contributed by atoms with Gasteiger partial charge in [-0.05, 0) is 23.8 Å². The van der Waals surface area contributed by atoms with Crippen LogP contribution in [0.2, 0.25) is 0 Å². The van der Waals surface area contributed by atoms with Gasteiger partial charge in [-0.15, -0.1) is 11.3 Å². The second-order valence-corrected chi connectivity index (χ2v) is 9.04. The van der Waals surface area contributed by atoms with E-state index in [-0.39, 0.29) is 24.2 Å². The molecule has 1 unspecified atom stereocenters. The number of nitrogens with one attached hydrogen (secondary N) is 2. The minimum Gasteiger partial charge on any atom is -0.497 e. The number of benzene rings is 1. The average Bonchev–Trinajstić information content (AvgIpc) is 3.49. The van der Waals surface area contributed by atoms with Crippen molar-refractivity contribution >= 4 is 33.8 Å². The maximum Gasteiger partial charge on any atom is 0.275 e. The minimum absolute atomic E-state index is 0.0254. The topological polar surface area (TPSA) is 123 Å². The molecule has 4 heterocycles. The molecule has 0 saturated carbocycles. The van der Waals surface area contributed by atoms with Gasteiger partial charge in [0.15, 0.2) is 11.4 Å². The zero-order valence-electron chi connectivity index (χ0n) is 18.6. The first-order chi connectivity index (χ1) is 16.6. The number of fused-ring (bicyclic) bond motifs is 1. The SMILES string of the molecule is COc1ccc2c(c1)C(O)N(c1nc(C(=O)Nc3cnccc3N3CCN[C@H](CO)C3)cs1)C2. The first kappa shape index (κ1) is 22.5. The fraction of sp³-hybridized carbons (Fsp3) is 0.348. The Labute approximate surface area is 200 Å². The molecular formula is C23H26N6O4S. The van der Waals surface area contributed by atoms with Gasteiger partial charge in [-0.3, -0.25) is 9.78 Å². The van der Waals surface area contributed by atoms with E-state index in [4.69, 9.17) is 4.74 Å². The van der Waals surface area contributed by atoms with E-state index >= 15 is 0 Å². The highest BCUT2D eigenvalue weighted by atomic mass is 32.1. The summed E-state index contributed by atoms with van der Waals surface area (Å²) in [6, 6.07) is 7.45. The number of methoxy groups -OCH3 is 1. The Kier molecular flexibility index (Phi) is 6.33. The Morgan fingerprint density at radius 2 is 2.26 bits per heavy atom. The van der Waals surface area contributed by atoms with Crippen molar-refractivity contribution in [2.75, 3.05) is 48.5 Å². The van der Waals surface area contributed by atoms with Crippen molar-refractivity contribution in [1.82, 2.24) is 15.3 Å². The first-order valence-corrected chi connectivity index (χ1v) is 11.9. The Morgan fingerprint density at radius 1 is 1.38 bits per heavy atom. The maximum absolute atomic E-state index is 13.0. The molecule has 3 aromatic rings. The summed E-state index contributed by atoms with van der Waals surface area (Å²) in [6.07, 6.45) is 2.44. The van der Waals surface area contributed by atoms with Gasteiger partial charge >= 0.3 is 0 Å². The van der Waals surface area contributed by atoms with E-state index in [0.717, 1.165) is 29.9 Å². The number of piperazine rings is 1. The van der Waals surface area contributed by atoms with Crippen LogP contribution in [0.5, 0.6) is 5.75 Å². The number of amides is 1. The van der Waals surface area contributed by atoms with Gasteiger partial charge < -0.3 is 35.4 Å². The van der Waals surface area contributed by atoms with E-state index in [2.05, 4.69) is 25.5 Å². The van der Waals surface area contributed by atoms with E-state index in [9.17, 15) is 15.0 Å². The van der Waals surface area contributed by atoms with Crippen LogP contribution in [0.1, 0.15) is 27.8 Å². The van der Waals surface area contributed by atoms with Crippen molar-refractivity contribution < 1.29 is 19.7 Å². The third-order valence-corrected chi connectivity index (χ3v) is 6.98. The van der Waals surface area contributed by atoms with Gasteiger partial charge in [0.1, 0.15) is 11.4 Å². The lowest BCUT2D eigenvalue weighted by Gasteiger charge is -2.35. The highest BCUT2D eigenvalue weighted by Gasteiger charge is 2.31. The molecule has 34 heavy (non-hydrogen) atoms. The summed E-state index contributed by atoms with van der Waals surface area (Å²) in [5, 5.41) is 28.8. The zero-order chi connectivity index (χ0) is 23.7. The number of aliphatic hydroxyl groups is 2. The summed E-state index contributed by atoms with van der Waals surface area (Å²) in [6.45, 7) is 2.66. The molecule has 10 nitrogen and oxygen atoms in total. The number of hydrogen-bond donors (Lipinski definition) is 4. The molecule has 0 aliphatic carbocycles. The second kappa shape index (κ2) is 9.55. The van der Waals surface area contributed by atoms with Crippen molar-refractivity contribution in [3.63, 3.8) is 0 Å². The molecule has 0 radical (unpaired) electrons. The molecule has 4 N–H and O–H groups in total. The van der Waals surface area contributed by atoms with Crippen molar-refractivity contribution in [3.05, 3.63) is 58.9 Å². The van der Waals surface area contributed by atoms with Crippen LogP contribution in [0.4, 0.5) is 16.5 Å². The van der Waals surface area contributed by atoms with E-state index in [1.165, 1.54) is 11.3 Å². The van der Waals surface area contributed by atoms with Crippen molar-refractivity contribution in [2.45, 2.75) is 18.8 Å². The highest BCUT2D eigenvalue weighted by Crippen LogP contribution is 2.39. The number of aliphatic hydroxyl groups excluding tert-OH is 2. The zero-order valence-corrected chi connectivity index (χ0v) is 19.5. The van der Waals surface area contributed by atoms with Crippen LogP contribution in [-0.4, -0.2) is 65.5 Å². The lowest BCUT2D eigenvalue weighted by atomic mass is 10.1. The molecule has 2 aliphatic heterocycles. The van der Waals surface area contributed by atoms with Gasteiger partial charge in [-0.2, -0.15) is 0 Å². The second-order valence-electron chi connectivity index (χ2n) is 8.21. The predicted molar refractivity (Wildman–Crippen MR) is 130 cm³/mol. The molecule has 2 atom stereocenters. The maximum atomic E-state index is 13.0. The normalized spacial score (nSPS) is 19.7. The summed E-state index contributed by atoms with van der Waals surface area (Å²) in [5.74, 6) is 0.333. The summed E-state index contributed by atoms with van der Waals surface area (Å²) >= 11 is 1.31. The first-order valence-electron chi connectivity index (χ1n) is 11.0. The summed E-state index contributed by atoms with van der Waals surface area (Å²) in [4.78, 5) is 25.6. The standard InChI is InChI=1S/C23H26N6O4S/c1-33-16-3-2-14-10-29(22(32)17(14)8-16)23-27-19(13-34-23)21(31)26-18-9-24-5-4-20(18)28-7-6-25-15(11-28)12-30/h2-5,8-9,13,15,22,25,30,32H,6-7,10-12H2,1H3,(H,26,31)/t15-,22?/m0/s1. The van der Waals surface area contributed by atoms with Gasteiger partial charge in [-0.1, -0.05) is 6.07 Å². The summed E-state index contributed by atoms with van der Waals surface area (Å²) in [5.41, 5.74) is 3.47. The number of carbonyl (C=O) groups excluding carboxylic acids is 1. The molecule has 0 bridgehead atoms. The van der Waals surface area contributed by atoms with E-state index in [0.29, 0.717) is 29.7 Å². The van der Waals surface area contributed by atoms with Crippen LogP contribution in [-0.2, 0) is 6.54 Å². The van der Waals surface area contributed by atoms with Crippen LogP contribution < -0.4 is 25.2 Å². The fourth-order valence-corrected chi connectivity index (χ4v) is 5.13. The summed E-state index contributed by atoms with van der Waals surface area (Å²) in [7, 11) is 1.59. The number of rotatable bonds is 6. The average molecular weight is 483 g/mol. The molecule has 178 valence electrons. The van der Waals surface area contributed by atoms with Gasteiger partial charge in [0.25, 0.3) is 5.91 Å². The molecule has 5 rings (SSSR count). The molecule has 11 heteroatoms. The smallest absolute Gasteiger partial charge is 0.275 e. The molecule has 2 aliphatic rings. The largest absolute Gasteiger partial charge is 0.497 e. The molecule has 2 aromatic heterocycles. The third-order valence-electron chi connectivity index (χ3n) is 6.10. The van der Waals surface area contributed by atoms with E-state index in [1.54, 1.807) is 29.8 Å². The predicted octanol–water partition coefficient (Wildman–Crippen LogP) is 1.58. The van der Waals surface area contributed by atoms with Crippen LogP contribution >= 0.6 is 11.3 Å².